The Balaban J connectivity index is 2.42. The summed E-state index contributed by atoms with van der Waals surface area (Å²) in [7, 11) is 0. The van der Waals surface area contributed by atoms with Crippen LogP contribution in [-0.2, 0) is 6.54 Å². The van der Waals surface area contributed by atoms with E-state index in [2.05, 4.69) is 5.10 Å². The summed E-state index contributed by atoms with van der Waals surface area (Å²) in [4.78, 5) is 0. The molecule has 1 rings (SSSR count). The fourth-order valence-electron chi connectivity index (χ4n) is 1.03. The molecule has 68 valence electrons. The third kappa shape index (κ3) is 2.50. The van der Waals surface area contributed by atoms with Crippen LogP contribution in [0.2, 0.25) is 5.02 Å². The van der Waals surface area contributed by atoms with Crippen molar-refractivity contribution >= 4 is 11.6 Å². The SMILES string of the molecule is Cc1nn(CCCCN)cc1Cl. The molecule has 0 fully saturated rings. The molecule has 1 aromatic rings. The number of nitrogens with two attached hydrogens (primary N) is 1. The van der Waals surface area contributed by atoms with E-state index in [-0.39, 0.29) is 0 Å². The summed E-state index contributed by atoms with van der Waals surface area (Å²) in [5, 5.41) is 4.96. The van der Waals surface area contributed by atoms with Gasteiger partial charge in [-0.25, -0.2) is 0 Å². The number of unbranched alkanes of at least 4 members (excludes halogenated alkanes) is 1. The van der Waals surface area contributed by atoms with Crippen molar-refractivity contribution in [3.05, 3.63) is 16.9 Å². The average Bonchev–Trinajstić information content (AvgIpc) is 2.32. The highest BCUT2D eigenvalue weighted by Crippen LogP contribution is 2.12. The average molecular weight is 188 g/mol. The molecule has 4 heteroatoms. The lowest BCUT2D eigenvalue weighted by atomic mass is 10.3. The van der Waals surface area contributed by atoms with Crippen molar-refractivity contribution < 1.29 is 0 Å². The number of halogens is 1. The van der Waals surface area contributed by atoms with Crippen LogP contribution in [0.1, 0.15) is 18.5 Å². The minimum atomic E-state index is 0.739. The molecule has 3 nitrogen and oxygen atoms in total. The first-order chi connectivity index (χ1) is 5.74. The van der Waals surface area contributed by atoms with Crippen molar-refractivity contribution in [2.75, 3.05) is 6.54 Å². The zero-order valence-corrected chi connectivity index (χ0v) is 8.01. The van der Waals surface area contributed by atoms with Crippen LogP contribution >= 0.6 is 11.6 Å². The van der Waals surface area contributed by atoms with Gasteiger partial charge in [-0.15, -0.1) is 0 Å². The molecule has 0 spiro atoms. The van der Waals surface area contributed by atoms with E-state index in [1.807, 2.05) is 17.8 Å². The maximum atomic E-state index is 5.83. The quantitative estimate of drug-likeness (QED) is 0.728. The fourth-order valence-corrected chi connectivity index (χ4v) is 1.18. The zero-order valence-electron chi connectivity index (χ0n) is 7.26. The van der Waals surface area contributed by atoms with Crippen LogP contribution in [0.5, 0.6) is 0 Å². The molecule has 0 bridgehead atoms. The summed E-state index contributed by atoms with van der Waals surface area (Å²) in [6, 6.07) is 0. The summed E-state index contributed by atoms with van der Waals surface area (Å²) in [6.07, 6.45) is 3.96. The Morgan fingerprint density at radius 1 is 1.58 bits per heavy atom. The summed E-state index contributed by atoms with van der Waals surface area (Å²) in [5.74, 6) is 0. The van der Waals surface area contributed by atoms with Crippen LogP contribution in [0.3, 0.4) is 0 Å². The molecule has 1 heterocycles. The lowest BCUT2D eigenvalue weighted by Crippen LogP contribution is -2.03. The van der Waals surface area contributed by atoms with Gasteiger partial charge >= 0.3 is 0 Å². The van der Waals surface area contributed by atoms with E-state index in [0.29, 0.717) is 0 Å². The molecule has 1 aromatic heterocycles. The van der Waals surface area contributed by atoms with Gasteiger partial charge in [-0.1, -0.05) is 11.6 Å². The summed E-state index contributed by atoms with van der Waals surface area (Å²) in [5.41, 5.74) is 6.27. The second kappa shape index (κ2) is 4.48. The van der Waals surface area contributed by atoms with Crippen molar-refractivity contribution in [1.82, 2.24) is 9.78 Å². The van der Waals surface area contributed by atoms with Gasteiger partial charge < -0.3 is 5.73 Å². The molecule has 0 aliphatic carbocycles. The monoisotopic (exact) mass is 187 g/mol. The molecule has 2 N–H and O–H groups in total. The van der Waals surface area contributed by atoms with E-state index in [9.17, 15) is 0 Å². The van der Waals surface area contributed by atoms with E-state index in [1.54, 1.807) is 0 Å². The molecule has 0 amide bonds. The first-order valence-electron chi connectivity index (χ1n) is 4.13. The Morgan fingerprint density at radius 3 is 2.83 bits per heavy atom. The number of hydrogen-bond donors (Lipinski definition) is 1. The highest BCUT2D eigenvalue weighted by molar-refractivity contribution is 6.31. The Morgan fingerprint density at radius 2 is 2.33 bits per heavy atom. The molecule has 0 saturated carbocycles. The molecule has 0 aliphatic rings. The molecule has 0 aliphatic heterocycles. The molecular formula is C8H14ClN3. The van der Waals surface area contributed by atoms with Gasteiger partial charge in [0.2, 0.25) is 0 Å². The smallest absolute Gasteiger partial charge is 0.0814 e. The van der Waals surface area contributed by atoms with Crippen LogP contribution in [0.15, 0.2) is 6.20 Å². The van der Waals surface area contributed by atoms with Crippen molar-refractivity contribution in [3.8, 4) is 0 Å². The first-order valence-corrected chi connectivity index (χ1v) is 4.51. The molecular weight excluding hydrogens is 174 g/mol. The number of aryl methyl sites for hydroxylation is 2. The predicted octanol–water partition coefficient (Wildman–Crippen LogP) is 1.58. The maximum Gasteiger partial charge on any atom is 0.0814 e. The highest BCUT2D eigenvalue weighted by Gasteiger charge is 2.00. The Hall–Kier alpha value is -0.540. The van der Waals surface area contributed by atoms with E-state index in [1.165, 1.54) is 0 Å². The van der Waals surface area contributed by atoms with Gasteiger partial charge in [0.05, 0.1) is 10.7 Å². The van der Waals surface area contributed by atoms with Crippen molar-refractivity contribution in [1.29, 1.82) is 0 Å². The van der Waals surface area contributed by atoms with Crippen LogP contribution in [0.25, 0.3) is 0 Å². The maximum absolute atomic E-state index is 5.83. The van der Waals surface area contributed by atoms with Gasteiger partial charge in [0.1, 0.15) is 0 Å². The van der Waals surface area contributed by atoms with Crippen LogP contribution in [0.4, 0.5) is 0 Å². The number of aromatic nitrogens is 2. The second-order valence-electron chi connectivity index (χ2n) is 2.82. The van der Waals surface area contributed by atoms with E-state index in [4.69, 9.17) is 17.3 Å². The van der Waals surface area contributed by atoms with Gasteiger partial charge in [-0.3, -0.25) is 4.68 Å². The largest absolute Gasteiger partial charge is 0.330 e. The minimum Gasteiger partial charge on any atom is -0.330 e. The first kappa shape index (κ1) is 9.55. The standard InChI is InChI=1S/C8H14ClN3/c1-7-8(9)6-12(11-7)5-3-2-4-10/h6H,2-5,10H2,1H3. The summed E-state index contributed by atoms with van der Waals surface area (Å²) < 4.78 is 1.87. The zero-order chi connectivity index (χ0) is 8.97. The lowest BCUT2D eigenvalue weighted by Gasteiger charge is -1.98. The highest BCUT2D eigenvalue weighted by atomic mass is 35.5. The summed E-state index contributed by atoms with van der Waals surface area (Å²) in [6.45, 7) is 3.56. The molecule has 0 unspecified atom stereocenters. The minimum absolute atomic E-state index is 0.739. The normalized spacial score (nSPS) is 10.6. The molecule has 0 atom stereocenters. The molecule has 0 saturated heterocycles. The third-order valence-electron chi connectivity index (χ3n) is 1.73. The van der Waals surface area contributed by atoms with Crippen LogP contribution in [0, 0.1) is 6.92 Å². The second-order valence-corrected chi connectivity index (χ2v) is 3.23. The molecule has 0 radical (unpaired) electrons. The molecule has 12 heavy (non-hydrogen) atoms. The lowest BCUT2D eigenvalue weighted by molar-refractivity contribution is 0.558. The van der Waals surface area contributed by atoms with E-state index in [0.717, 1.165) is 36.6 Å². The van der Waals surface area contributed by atoms with Crippen molar-refractivity contribution in [2.45, 2.75) is 26.3 Å². The van der Waals surface area contributed by atoms with Gasteiger partial charge in [0.15, 0.2) is 0 Å². The Labute approximate surface area is 77.5 Å². The topological polar surface area (TPSA) is 43.8 Å². The summed E-state index contributed by atoms with van der Waals surface area (Å²) >= 11 is 5.83. The van der Waals surface area contributed by atoms with E-state index < -0.39 is 0 Å². The Bertz CT molecular complexity index is 225. The van der Waals surface area contributed by atoms with Crippen molar-refractivity contribution in [2.24, 2.45) is 5.73 Å². The Kier molecular flexibility index (Phi) is 3.56. The van der Waals surface area contributed by atoms with Crippen LogP contribution in [-0.4, -0.2) is 16.3 Å². The molecule has 0 aromatic carbocycles. The number of hydrogen-bond acceptors (Lipinski definition) is 2. The third-order valence-corrected chi connectivity index (χ3v) is 2.10. The van der Waals surface area contributed by atoms with E-state index >= 15 is 0 Å². The predicted molar refractivity (Wildman–Crippen MR) is 50.3 cm³/mol. The number of rotatable bonds is 4. The van der Waals surface area contributed by atoms with Gasteiger partial charge in [-0.2, -0.15) is 5.10 Å². The van der Waals surface area contributed by atoms with Gasteiger partial charge in [0.25, 0.3) is 0 Å². The van der Waals surface area contributed by atoms with Gasteiger partial charge in [-0.05, 0) is 26.3 Å². The number of nitrogens with zero attached hydrogens (tertiary/aromatic N) is 2. The fraction of sp³-hybridized carbons (Fsp3) is 0.625. The van der Waals surface area contributed by atoms with Gasteiger partial charge in [0, 0.05) is 12.7 Å². The van der Waals surface area contributed by atoms with Crippen LogP contribution < -0.4 is 5.73 Å². The van der Waals surface area contributed by atoms with Crippen molar-refractivity contribution in [3.63, 3.8) is 0 Å².